The van der Waals surface area contributed by atoms with Gasteiger partial charge in [0.15, 0.2) is 5.78 Å². The molecule has 1 fully saturated rings. The normalized spacial score (nSPS) is 18.2. The predicted octanol–water partition coefficient (Wildman–Crippen LogP) is 1.91. The number of benzene rings is 1. The maximum Gasteiger partial charge on any atom is 0.329 e. The lowest BCUT2D eigenvalue weighted by atomic mass is 9.92. The molecule has 0 bridgehead atoms. The highest BCUT2D eigenvalue weighted by atomic mass is 16.3. The molecule has 0 spiro atoms. The zero-order valence-corrected chi connectivity index (χ0v) is 14.5. The Balaban J connectivity index is 2.00. The molecule has 6 nitrogen and oxygen atoms in total. The third kappa shape index (κ3) is 3.31. The van der Waals surface area contributed by atoms with Gasteiger partial charge in [-0.1, -0.05) is 18.6 Å². The fourth-order valence-electron chi connectivity index (χ4n) is 3.76. The Morgan fingerprint density at radius 1 is 1.16 bits per heavy atom. The Bertz CT molecular complexity index is 862. The van der Waals surface area contributed by atoms with Gasteiger partial charge < -0.3 is 5.11 Å². The van der Waals surface area contributed by atoms with Gasteiger partial charge in [-0.2, -0.15) is 0 Å². The second kappa shape index (κ2) is 7.35. The average Bonchev–Trinajstić information content (AvgIpc) is 2.84. The van der Waals surface area contributed by atoms with Crippen molar-refractivity contribution in [1.82, 2.24) is 9.13 Å². The molecule has 1 N–H and O–H groups in total. The van der Waals surface area contributed by atoms with Gasteiger partial charge in [-0.05, 0) is 37.3 Å². The van der Waals surface area contributed by atoms with Gasteiger partial charge in [0.25, 0.3) is 0 Å². The van der Waals surface area contributed by atoms with Crippen LogP contribution in [0.2, 0.25) is 0 Å². The quantitative estimate of drug-likeness (QED) is 0.641. The summed E-state index contributed by atoms with van der Waals surface area (Å²) >= 11 is 0. The smallest absolute Gasteiger partial charge is 0.329 e. The van der Waals surface area contributed by atoms with E-state index in [0.717, 1.165) is 42.3 Å². The molecule has 1 aromatic carbocycles. The molecule has 1 atom stereocenters. The number of aromatic nitrogens is 2. The van der Waals surface area contributed by atoms with E-state index >= 15 is 0 Å². The maximum absolute atomic E-state index is 12.8. The van der Waals surface area contributed by atoms with E-state index in [1.165, 1.54) is 0 Å². The molecule has 1 heterocycles. The summed E-state index contributed by atoms with van der Waals surface area (Å²) in [5, 5.41) is 8.90. The molecule has 0 saturated heterocycles. The molecule has 1 unspecified atom stereocenters. The molecule has 0 amide bonds. The zero-order chi connectivity index (χ0) is 18.0. The van der Waals surface area contributed by atoms with Crippen LogP contribution in [0.3, 0.4) is 0 Å². The van der Waals surface area contributed by atoms with Crippen molar-refractivity contribution in [1.29, 1.82) is 0 Å². The Kier molecular flexibility index (Phi) is 5.18. The number of nitrogens with zero attached hydrogens (tertiary/aromatic N) is 2. The van der Waals surface area contributed by atoms with E-state index in [9.17, 15) is 14.4 Å². The number of carbonyl (C=O) groups excluding carboxylic acids is 2. The summed E-state index contributed by atoms with van der Waals surface area (Å²) in [4.78, 5) is 36.6. The number of Topliss-reactive ketones (excluding diaryl/α,β-unsaturated/α-hetero) is 2. The lowest BCUT2D eigenvalue weighted by Gasteiger charge is -2.21. The average molecular weight is 344 g/mol. The zero-order valence-electron chi connectivity index (χ0n) is 14.5. The molecule has 1 aromatic heterocycles. The summed E-state index contributed by atoms with van der Waals surface area (Å²) in [6.07, 6.45) is 4.15. The number of para-hydroxylation sites is 1. The summed E-state index contributed by atoms with van der Waals surface area (Å²) < 4.78 is 3.18. The minimum atomic E-state index is -0.543. The number of fused-ring (bicyclic) bond motifs is 1. The van der Waals surface area contributed by atoms with Crippen LogP contribution < -0.4 is 5.69 Å². The summed E-state index contributed by atoms with van der Waals surface area (Å²) in [5.41, 5.74) is 2.50. The molecule has 2 aromatic rings. The van der Waals surface area contributed by atoms with E-state index in [-0.39, 0.29) is 30.3 Å². The van der Waals surface area contributed by atoms with Crippen LogP contribution in [0.1, 0.15) is 50.1 Å². The van der Waals surface area contributed by atoms with Crippen LogP contribution in [0.25, 0.3) is 11.0 Å². The molecule has 1 aliphatic carbocycles. The fraction of sp³-hybridized carbons (Fsp3) is 0.526. The van der Waals surface area contributed by atoms with Crippen molar-refractivity contribution in [2.45, 2.75) is 51.0 Å². The number of carbonyl (C=O) groups is 2. The second-order valence-electron chi connectivity index (χ2n) is 6.77. The van der Waals surface area contributed by atoms with E-state index < -0.39 is 6.04 Å². The van der Waals surface area contributed by atoms with E-state index in [4.69, 9.17) is 5.11 Å². The molecular weight excluding hydrogens is 320 g/mol. The first-order valence-electron chi connectivity index (χ1n) is 8.88. The van der Waals surface area contributed by atoms with Crippen molar-refractivity contribution < 1.29 is 14.7 Å². The molecule has 0 radical (unpaired) electrons. The topological polar surface area (TPSA) is 81.3 Å². The lowest BCUT2D eigenvalue weighted by Crippen LogP contribution is -2.34. The minimum absolute atomic E-state index is 0.0425. The number of unbranched alkanes of at least 4 members (excludes halogenated alkanes) is 2. The van der Waals surface area contributed by atoms with Gasteiger partial charge in [-0.15, -0.1) is 0 Å². The fourth-order valence-corrected chi connectivity index (χ4v) is 3.76. The second-order valence-corrected chi connectivity index (χ2v) is 6.77. The molecule has 1 aliphatic rings. The number of hydrogen-bond acceptors (Lipinski definition) is 4. The van der Waals surface area contributed by atoms with Crippen LogP contribution in [0.4, 0.5) is 0 Å². The van der Waals surface area contributed by atoms with Crippen molar-refractivity contribution in [3.63, 3.8) is 0 Å². The van der Waals surface area contributed by atoms with Crippen molar-refractivity contribution in [2.24, 2.45) is 7.05 Å². The lowest BCUT2D eigenvalue weighted by molar-refractivity contribution is -0.132. The van der Waals surface area contributed by atoms with Crippen LogP contribution in [-0.4, -0.2) is 32.4 Å². The Morgan fingerprint density at radius 3 is 2.68 bits per heavy atom. The SMILES string of the molecule is Cn1c(=O)n(C2CCC(=O)CC2=O)c2cccc(CCCCCO)c21. The number of aliphatic hydroxyl groups is 1. The van der Waals surface area contributed by atoms with Gasteiger partial charge in [0.2, 0.25) is 0 Å². The highest BCUT2D eigenvalue weighted by molar-refractivity contribution is 6.03. The van der Waals surface area contributed by atoms with E-state index in [1.807, 2.05) is 18.2 Å². The predicted molar refractivity (Wildman–Crippen MR) is 94.7 cm³/mol. The van der Waals surface area contributed by atoms with Gasteiger partial charge in [-0.3, -0.25) is 18.7 Å². The largest absolute Gasteiger partial charge is 0.396 e. The standard InChI is InChI=1S/C19H24N2O4/c1-20-18-13(6-3-2-4-11-22)7-5-8-16(18)21(19(20)25)15-10-9-14(23)12-17(15)24/h5,7-8,15,22H,2-4,6,9-12H2,1H3. The summed E-state index contributed by atoms with van der Waals surface area (Å²) in [5.74, 6) is -0.210. The van der Waals surface area contributed by atoms with Gasteiger partial charge in [0.05, 0.1) is 23.5 Å². The molecule has 6 heteroatoms. The number of hydrogen-bond donors (Lipinski definition) is 1. The molecule has 0 aliphatic heterocycles. The number of aryl methyl sites for hydroxylation is 2. The first-order valence-corrected chi connectivity index (χ1v) is 8.88. The molecule has 25 heavy (non-hydrogen) atoms. The Labute approximate surface area is 146 Å². The molecule has 134 valence electrons. The number of imidazole rings is 1. The van der Waals surface area contributed by atoms with Crippen molar-refractivity contribution >= 4 is 22.6 Å². The Hall–Kier alpha value is -2.21. The van der Waals surface area contributed by atoms with Crippen molar-refractivity contribution in [3.05, 3.63) is 34.2 Å². The summed E-state index contributed by atoms with van der Waals surface area (Å²) in [6.45, 7) is 0.196. The molecular formula is C19H24N2O4. The highest BCUT2D eigenvalue weighted by Gasteiger charge is 2.31. The number of ketones is 2. The number of rotatable bonds is 6. The highest BCUT2D eigenvalue weighted by Crippen LogP contribution is 2.28. The summed E-state index contributed by atoms with van der Waals surface area (Å²) in [7, 11) is 1.73. The first-order chi connectivity index (χ1) is 12.0. The molecule has 3 rings (SSSR count). The van der Waals surface area contributed by atoms with E-state index in [0.29, 0.717) is 12.8 Å². The van der Waals surface area contributed by atoms with E-state index in [1.54, 1.807) is 16.2 Å². The van der Waals surface area contributed by atoms with E-state index in [2.05, 4.69) is 0 Å². The number of aliphatic hydroxyl groups excluding tert-OH is 1. The Morgan fingerprint density at radius 2 is 1.96 bits per heavy atom. The van der Waals surface area contributed by atoms with Crippen LogP contribution in [0, 0.1) is 0 Å². The molecule has 1 saturated carbocycles. The van der Waals surface area contributed by atoms with Crippen molar-refractivity contribution in [3.8, 4) is 0 Å². The summed E-state index contributed by atoms with van der Waals surface area (Å²) in [6, 6.07) is 5.26. The third-order valence-electron chi connectivity index (χ3n) is 5.04. The maximum atomic E-state index is 12.8. The van der Waals surface area contributed by atoms with Crippen LogP contribution in [0.15, 0.2) is 23.0 Å². The monoisotopic (exact) mass is 344 g/mol. The minimum Gasteiger partial charge on any atom is -0.396 e. The van der Waals surface area contributed by atoms with Crippen LogP contribution in [-0.2, 0) is 23.1 Å². The van der Waals surface area contributed by atoms with Crippen LogP contribution in [0.5, 0.6) is 0 Å². The third-order valence-corrected chi connectivity index (χ3v) is 5.04. The van der Waals surface area contributed by atoms with Gasteiger partial charge >= 0.3 is 5.69 Å². The van der Waals surface area contributed by atoms with Crippen molar-refractivity contribution in [2.75, 3.05) is 6.61 Å². The van der Waals surface area contributed by atoms with Gasteiger partial charge in [-0.25, -0.2) is 4.79 Å². The van der Waals surface area contributed by atoms with Gasteiger partial charge in [0, 0.05) is 20.1 Å². The van der Waals surface area contributed by atoms with Crippen LogP contribution >= 0.6 is 0 Å². The van der Waals surface area contributed by atoms with Gasteiger partial charge in [0.1, 0.15) is 5.78 Å². The first kappa shape index (κ1) is 17.6.